The summed E-state index contributed by atoms with van der Waals surface area (Å²) < 4.78 is 5.34. The molecule has 1 fully saturated rings. The SMILES string of the molecule is CC(C)(C)OC(=O)N1CCC(CNC(N)=S)CC1. The van der Waals surface area contributed by atoms with E-state index in [0.29, 0.717) is 11.0 Å². The lowest BCUT2D eigenvalue weighted by atomic mass is 9.97. The van der Waals surface area contributed by atoms with Crippen molar-refractivity contribution in [3.05, 3.63) is 0 Å². The van der Waals surface area contributed by atoms with E-state index in [0.717, 1.165) is 32.5 Å². The van der Waals surface area contributed by atoms with Crippen molar-refractivity contribution in [3.8, 4) is 0 Å². The van der Waals surface area contributed by atoms with Gasteiger partial charge in [-0.3, -0.25) is 0 Å². The Morgan fingerprint density at radius 3 is 2.44 bits per heavy atom. The lowest BCUT2D eigenvalue weighted by Gasteiger charge is -2.33. The van der Waals surface area contributed by atoms with Crippen LogP contribution in [0, 0.1) is 5.92 Å². The van der Waals surface area contributed by atoms with E-state index in [-0.39, 0.29) is 6.09 Å². The molecule has 0 spiro atoms. The molecule has 0 aliphatic carbocycles. The highest BCUT2D eigenvalue weighted by Gasteiger charge is 2.26. The molecule has 1 aliphatic heterocycles. The molecule has 0 unspecified atom stereocenters. The Labute approximate surface area is 114 Å². The maximum absolute atomic E-state index is 11.8. The first-order valence-corrected chi connectivity index (χ1v) is 6.70. The van der Waals surface area contributed by atoms with Crippen LogP contribution in [0.2, 0.25) is 0 Å². The number of piperidine rings is 1. The van der Waals surface area contributed by atoms with Gasteiger partial charge in [-0.15, -0.1) is 0 Å². The molecule has 0 saturated carbocycles. The van der Waals surface area contributed by atoms with Gasteiger partial charge in [0, 0.05) is 19.6 Å². The van der Waals surface area contributed by atoms with Crippen LogP contribution in [0.3, 0.4) is 0 Å². The van der Waals surface area contributed by atoms with Crippen molar-refractivity contribution >= 4 is 23.4 Å². The maximum Gasteiger partial charge on any atom is 0.410 e. The number of thiocarbonyl (C=S) groups is 1. The minimum absolute atomic E-state index is 0.219. The van der Waals surface area contributed by atoms with Crippen molar-refractivity contribution in [1.82, 2.24) is 10.2 Å². The van der Waals surface area contributed by atoms with Gasteiger partial charge in [0.05, 0.1) is 0 Å². The van der Waals surface area contributed by atoms with Crippen LogP contribution < -0.4 is 11.1 Å². The molecule has 18 heavy (non-hydrogen) atoms. The van der Waals surface area contributed by atoms with Gasteiger partial charge >= 0.3 is 6.09 Å². The third-order valence-corrected chi connectivity index (χ3v) is 2.98. The number of nitrogens with one attached hydrogen (secondary N) is 1. The normalized spacial score (nSPS) is 17.4. The van der Waals surface area contributed by atoms with Gasteiger partial charge in [0.1, 0.15) is 5.60 Å². The summed E-state index contributed by atoms with van der Waals surface area (Å²) in [5.41, 5.74) is 4.96. The number of nitrogens with zero attached hydrogens (tertiary/aromatic N) is 1. The summed E-state index contributed by atoms with van der Waals surface area (Å²) in [4.78, 5) is 13.6. The fourth-order valence-corrected chi connectivity index (χ4v) is 1.97. The van der Waals surface area contributed by atoms with Crippen molar-refractivity contribution in [2.75, 3.05) is 19.6 Å². The largest absolute Gasteiger partial charge is 0.444 e. The van der Waals surface area contributed by atoms with Gasteiger partial charge in [-0.25, -0.2) is 4.79 Å². The van der Waals surface area contributed by atoms with Gasteiger partial charge in [-0.1, -0.05) is 0 Å². The number of ether oxygens (including phenoxy) is 1. The number of rotatable bonds is 2. The molecule has 0 aromatic heterocycles. The third-order valence-electron chi connectivity index (χ3n) is 2.83. The lowest BCUT2D eigenvalue weighted by Crippen LogP contribution is -2.44. The van der Waals surface area contributed by atoms with E-state index in [1.807, 2.05) is 20.8 Å². The molecule has 1 saturated heterocycles. The number of carbonyl (C=O) groups excluding carboxylic acids is 1. The number of likely N-dealkylation sites (tertiary alicyclic amines) is 1. The molecule has 0 radical (unpaired) electrons. The highest BCUT2D eigenvalue weighted by atomic mass is 32.1. The first-order valence-electron chi connectivity index (χ1n) is 6.29. The van der Waals surface area contributed by atoms with Gasteiger partial charge < -0.3 is 20.7 Å². The quantitative estimate of drug-likeness (QED) is 0.746. The van der Waals surface area contributed by atoms with Gasteiger partial charge in [-0.2, -0.15) is 0 Å². The van der Waals surface area contributed by atoms with E-state index in [9.17, 15) is 4.79 Å². The van der Waals surface area contributed by atoms with Crippen LogP contribution in [-0.4, -0.2) is 41.3 Å². The van der Waals surface area contributed by atoms with Crippen molar-refractivity contribution in [1.29, 1.82) is 0 Å². The van der Waals surface area contributed by atoms with E-state index >= 15 is 0 Å². The Hall–Kier alpha value is -1.04. The Morgan fingerprint density at radius 1 is 1.44 bits per heavy atom. The molecule has 0 atom stereocenters. The average Bonchev–Trinajstić information content (AvgIpc) is 2.24. The van der Waals surface area contributed by atoms with Crippen molar-refractivity contribution in [3.63, 3.8) is 0 Å². The van der Waals surface area contributed by atoms with Gasteiger partial charge in [-0.05, 0) is 51.7 Å². The van der Waals surface area contributed by atoms with E-state index in [1.54, 1.807) is 4.90 Å². The summed E-state index contributed by atoms with van der Waals surface area (Å²) in [5.74, 6) is 0.519. The summed E-state index contributed by atoms with van der Waals surface area (Å²) in [6.45, 7) is 7.89. The highest BCUT2D eigenvalue weighted by Crippen LogP contribution is 2.19. The number of hydrogen-bond donors (Lipinski definition) is 2. The molecule has 1 amide bonds. The second-order valence-electron chi connectivity index (χ2n) is 5.66. The molecule has 1 rings (SSSR count). The zero-order chi connectivity index (χ0) is 13.8. The minimum atomic E-state index is -0.429. The summed E-state index contributed by atoms with van der Waals surface area (Å²) in [5, 5.41) is 3.31. The predicted octanol–water partition coefficient (Wildman–Crippen LogP) is 1.47. The second kappa shape index (κ2) is 6.22. The Morgan fingerprint density at radius 2 is 2.00 bits per heavy atom. The number of hydrogen-bond acceptors (Lipinski definition) is 3. The average molecular weight is 273 g/mol. The van der Waals surface area contributed by atoms with E-state index in [2.05, 4.69) is 5.32 Å². The molecule has 0 bridgehead atoms. The monoisotopic (exact) mass is 273 g/mol. The Bertz CT molecular complexity index is 307. The minimum Gasteiger partial charge on any atom is -0.444 e. The summed E-state index contributed by atoms with van der Waals surface area (Å²) in [6, 6.07) is 0. The summed E-state index contributed by atoms with van der Waals surface area (Å²) >= 11 is 4.77. The van der Waals surface area contributed by atoms with Crippen molar-refractivity contribution in [2.45, 2.75) is 39.2 Å². The number of amides is 1. The van der Waals surface area contributed by atoms with Crippen LogP contribution in [0.4, 0.5) is 4.79 Å². The van der Waals surface area contributed by atoms with Crippen LogP contribution >= 0.6 is 12.2 Å². The molecule has 0 aromatic rings. The fraction of sp³-hybridized carbons (Fsp3) is 0.833. The van der Waals surface area contributed by atoms with E-state index in [1.165, 1.54) is 0 Å². The first-order chi connectivity index (χ1) is 8.28. The van der Waals surface area contributed by atoms with Gasteiger partial charge in [0.2, 0.25) is 0 Å². The topological polar surface area (TPSA) is 67.6 Å². The highest BCUT2D eigenvalue weighted by molar-refractivity contribution is 7.80. The summed E-state index contributed by atoms with van der Waals surface area (Å²) in [6.07, 6.45) is 1.69. The third kappa shape index (κ3) is 5.53. The zero-order valence-corrected chi connectivity index (χ0v) is 12.2. The maximum atomic E-state index is 11.8. The van der Waals surface area contributed by atoms with E-state index in [4.69, 9.17) is 22.7 Å². The van der Waals surface area contributed by atoms with Crippen molar-refractivity contribution < 1.29 is 9.53 Å². The lowest BCUT2D eigenvalue weighted by molar-refractivity contribution is 0.0185. The molecule has 1 aliphatic rings. The van der Waals surface area contributed by atoms with Crippen LogP contribution in [0.25, 0.3) is 0 Å². The molecule has 5 nitrogen and oxygen atoms in total. The van der Waals surface area contributed by atoms with Crippen LogP contribution in [0.15, 0.2) is 0 Å². The van der Waals surface area contributed by atoms with Crippen LogP contribution in [0.1, 0.15) is 33.6 Å². The summed E-state index contributed by atoms with van der Waals surface area (Å²) in [7, 11) is 0. The Kier molecular flexibility index (Phi) is 5.19. The first kappa shape index (κ1) is 15.0. The molecule has 104 valence electrons. The smallest absolute Gasteiger partial charge is 0.410 e. The van der Waals surface area contributed by atoms with Gasteiger partial charge in [0.15, 0.2) is 5.11 Å². The van der Waals surface area contributed by atoms with Crippen LogP contribution in [-0.2, 0) is 4.74 Å². The molecule has 1 heterocycles. The second-order valence-corrected chi connectivity index (χ2v) is 6.10. The van der Waals surface area contributed by atoms with Crippen LogP contribution in [0.5, 0.6) is 0 Å². The number of carbonyl (C=O) groups is 1. The molecular weight excluding hydrogens is 250 g/mol. The molecule has 3 N–H and O–H groups in total. The molecule has 0 aromatic carbocycles. The van der Waals surface area contributed by atoms with Crippen molar-refractivity contribution in [2.24, 2.45) is 11.7 Å². The van der Waals surface area contributed by atoms with E-state index < -0.39 is 5.60 Å². The van der Waals surface area contributed by atoms with Gasteiger partial charge in [0.25, 0.3) is 0 Å². The molecular formula is C12H23N3O2S. The zero-order valence-electron chi connectivity index (χ0n) is 11.4. The number of nitrogens with two attached hydrogens (primary N) is 1. The standard InChI is InChI=1S/C12H23N3O2S/c1-12(2,3)17-11(16)15-6-4-9(5-7-15)8-14-10(13)18/h9H,4-8H2,1-3H3,(H3,13,14,18). The Balaban J connectivity index is 2.30. The fourth-order valence-electron chi connectivity index (χ4n) is 1.89. The predicted molar refractivity (Wildman–Crippen MR) is 75.3 cm³/mol. The molecule has 6 heteroatoms.